The highest BCUT2D eigenvalue weighted by atomic mass is 19.1. The van der Waals surface area contributed by atoms with Crippen LogP contribution in [0.4, 0.5) is 4.39 Å². The number of carbonyl (C=O) groups is 1. The molecule has 0 aliphatic rings. The summed E-state index contributed by atoms with van der Waals surface area (Å²) in [5.74, 6) is -0.486. The average molecular weight is 256 g/mol. The van der Waals surface area contributed by atoms with Crippen LogP contribution in [0.25, 0.3) is 6.08 Å². The third-order valence-corrected chi connectivity index (χ3v) is 2.51. The van der Waals surface area contributed by atoms with Gasteiger partial charge in [-0.2, -0.15) is 0 Å². The zero-order valence-electron chi connectivity index (χ0n) is 10.2. The van der Waals surface area contributed by atoms with Gasteiger partial charge in [-0.1, -0.05) is 12.1 Å². The van der Waals surface area contributed by atoms with Gasteiger partial charge in [-0.05, 0) is 41.5 Å². The first-order valence-electron chi connectivity index (χ1n) is 5.84. The van der Waals surface area contributed by atoms with E-state index in [-0.39, 0.29) is 11.7 Å². The summed E-state index contributed by atoms with van der Waals surface area (Å²) in [5, 5.41) is 2.75. The number of hydrogen-bond donors (Lipinski definition) is 1. The van der Waals surface area contributed by atoms with Crippen molar-refractivity contribution < 1.29 is 9.18 Å². The van der Waals surface area contributed by atoms with E-state index in [1.165, 1.54) is 18.2 Å². The van der Waals surface area contributed by atoms with Crippen molar-refractivity contribution in [1.29, 1.82) is 0 Å². The first kappa shape index (κ1) is 13.0. The number of aromatic nitrogens is 1. The number of nitrogens with zero attached hydrogens (tertiary/aromatic N) is 1. The Balaban J connectivity index is 1.86. The molecule has 96 valence electrons. The Hall–Kier alpha value is -2.49. The molecule has 4 heteroatoms. The molecule has 0 fully saturated rings. The Kier molecular flexibility index (Phi) is 4.39. The molecule has 1 aromatic heterocycles. The van der Waals surface area contributed by atoms with E-state index >= 15 is 0 Å². The molecule has 2 rings (SSSR count). The standard InChI is InChI=1S/C15H13FN2O/c16-14-4-1-12(2-5-14)3-6-15(19)18-11-13-7-9-17-10-8-13/h1-10H,11H2,(H,18,19). The minimum Gasteiger partial charge on any atom is -0.348 e. The number of benzene rings is 1. The van der Waals surface area contributed by atoms with Crippen LogP contribution >= 0.6 is 0 Å². The van der Waals surface area contributed by atoms with Gasteiger partial charge in [-0.3, -0.25) is 9.78 Å². The number of carbonyl (C=O) groups excluding carboxylic acids is 1. The van der Waals surface area contributed by atoms with Gasteiger partial charge in [-0.15, -0.1) is 0 Å². The molecule has 0 radical (unpaired) electrons. The van der Waals surface area contributed by atoms with Gasteiger partial charge < -0.3 is 5.32 Å². The first-order chi connectivity index (χ1) is 9.24. The molecule has 0 bridgehead atoms. The number of nitrogens with one attached hydrogen (secondary N) is 1. The number of amides is 1. The molecule has 1 amide bonds. The maximum atomic E-state index is 12.7. The van der Waals surface area contributed by atoms with Crippen LogP contribution in [0.3, 0.4) is 0 Å². The molecule has 1 aromatic carbocycles. The Bertz CT molecular complexity index is 564. The van der Waals surface area contributed by atoms with E-state index < -0.39 is 0 Å². The van der Waals surface area contributed by atoms with Gasteiger partial charge in [0, 0.05) is 25.0 Å². The van der Waals surface area contributed by atoms with Crippen LogP contribution in [0.5, 0.6) is 0 Å². The fourth-order valence-electron chi connectivity index (χ4n) is 1.49. The van der Waals surface area contributed by atoms with Gasteiger partial charge in [0.25, 0.3) is 0 Å². The zero-order chi connectivity index (χ0) is 13.5. The second-order valence-corrected chi connectivity index (χ2v) is 3.96. The van der Waals surface area contributed by atoms with Gasteiger partial charge in [0.05, 0.1) is 0 Å². The van der Waals surface area contributed by atoms with Crippen molar-refractivity contribution in [3.05, 3.63) is 71.8 Å². The van der Waals surface area contributed by atoms with Crippen molar-refractivity contribution in [2.45, 2.75) is 6.54 Å². The fraction of sp³-hybridized carbons (Fsp3) is 0.0667. The molecule has 1 N–H and O–H groups in total. The molecule has 0 aliphatic heterocycles. The summed E-state index contributed by atoms with van der Waals surface area (Å²) in [6.07, 6.45) is 6.42. The van der Waals surface area contributed by atoms with E-state index in [0.717, 1.165) is 11.1 Å². The molecular formula is C15H13FN2O. The molecule has 2 aromatic rings. The van der Waals surface area contributed by atoms with Crippen LogP contribution in [0.1, 0.15) is 11.1 Å². The number of hydrogen-bond acceptors (Lipinski definition) is 2. The van der Waals surface area contributed by atoms with Crippen molar-refractivity contribution in [1.82, 2.24) is 10.3 Å². The maximum absolute atomic E-state index is 12.7. The lowest BCUT2D eigenvalue weighted by Gasteiger charge is -2.01. The topological polar surface area (TPSA) is 42.0 Å². The maximum Gasteiger partial charge on any atom is 0.244 e. The predicted octanol–water partition coefficient (Wildman–Crippen LogP) is 2.55. The van der Waals surface area contributed by atoms with E-state index in [4.69, 9.17) is 0 Å². The normalized spacial score (nSPS) is 10.6. The highest BCUT2D eigenvalue weighted by Crippen LogP contribution is 2.04. The molecule has 0 saturated carbocycles. The molecule has 1 heterocycles. The largest absolute Gasteiger partial charge is 0.348 e. The first-order valence-corrected chi connectivity index (χ1v) is 5.84. The lowest BCUT2D eigenvalue weighted by atomic mass is 10.2. The highest BCUT2D eigenvalue weighted by Gasteiger charge is 1.96. The van der Waals surface area contributed by atoms with Crippen LogP contribution in [0.2, 0.25) is 0 Å². The molecule has 0 unspecified atom stereocenters. The molecule has 0 saturated heterocycles. The van der Waals surface area contributed by atoms with Crippen molar-refractivity contribution in [3.63, 3.8) is 0 Å². The monoisotopic (exact) mass is 256 g/mol. The second kappa shape index (κ2) is 6.44. The summed E-state index contributed by atoms with van der Waals surface area (Å²) < 4.78 is 12.7. The summed E-state index contributed by atoms with van der Waals surface area (Å²) in [7, 11) is 0. The summed E-state index contributed by atoms with van der Waals surface area (Å²) in [5.41, 5.74) is 1.76. The van der Waals surface area contributed by atoms with E-state index in [0.29, 0.717) is 6.54 Å². The summed E-state index contributed by atoms with van der Waals surface area (Å²) in [6.45, 7) is 0.453. The van der Waals surface area contributed by atoms with Crippen LogP contribution in [0.15, 0.2) is 54.9 Å². The van der Waals surface area contributed by atoms with Gasteiger partial charge >= 0.3 is 0 Å². The van der Waals surface area contributed by atoms with E-state index in [1.54, 1.807) is 30.6 Å². The fourth-order valence-corrected chi connectivity index (χ4v) is 1.49. The van der Waals surface area contributed by atoms with E-state index in [2.05, 4.69) is 10.3 Å². The number of rotatable bonds is 4. The third-order valence-electron chi connectivity index (χ3n) is 2.51. The Morgan fingerprint density at radius 1 is 1.16 bits per heavy atom. The summed E-state index contributed by atoms with van der Waals surface area (Å²) >= 11 is 0. The van der Waals surface area contributed by atoms with Gasteiger partial charge in [0.15, 0.2) is 0 Å². The lowest BCUT2D eigenvalue weighted by molar-refractivity contribution is -0.116. The molecule has 19 heavy (non-hydrogen) atoms. The molecule has 0 spiro atoms. The van der Waals surface area contributed by atoms with Gasteiger partial charge in [0.1, 0.15) is 5.82 Å². The smallest absolute Gasteiger partial charge is 0.244 e. The van der Waals surface area contributed by atoms with E-state index in [9.17, 15) is 9.18 Å². The lowest BCUT2D eigenvalue weighted by Crippen LogP contribution is -2.20. The minimum atomic E-state index is -0.292. The Labute approximate surface area is 110 Å². The molecular weight excluding hydrogens is 243 g/mol. The van der Waals surface area contributed by atoms with Gasteiger partial charge in [-0.25, -0.2) is 4.39 Å². The molecule has 0 aliphatic carbocycles. The van der Waals surface area contributed by atoms with Crippen LogP contribution < -0.4 is 5.32 Å². The van der Waals surface area contributed by atoms with Crippen LogP contribution in [-0.4, -0.2) is 10.9 Å². The van der Waals surface area contributed by atoms with Crippen LogP contribution in [-0.2, 0) is 11.3 Å². The van der Waals surface area contributed by atoms with Crippen molar-refractivity contribution in [3.8, 4) is 0 Å². The van der Waals surface area contributed by atoms with Gasteiger partial charge in [0.2, 0.25) is 5.91 Å². The Morgan fingerprint density at radius 3 is 2.53 bits per heavy atom. The summed E-state index contributed by atoms with van der Waals surface area (Å²) in [6, 6.07) is 9.61. The van der Waals surface area contributed by atoms with Crippen molar-refractivity contribution in [2.75, 3.05) is 0 Å². The minimum absolute atomic E-state index is 0.193. The number of halogens is 1. The highest BCUT2D eigenvalue weighted by molar-refractivity contribution is 5.91. The zero-order valence-corrected chi connectivity index (χ0v) is 10.2. The number of pyridine rings is 1. The van der Waals surface area contributed by atoms with Crippen molar-refractivity contribution >= 4 is 12.0 Å². The Morgan fingerprint density at radius 2 is 1.84 bits per heavy atom. The molecule has 0 atom stereocenters. The summed E-state index contributed by atoms with van der Waals surface area (Å²) in [4.78, 5) is 15.5. The average Bonchev–Trinajstić information content (AvgIpc) is 2.45. The second-order valence-electron chi connectivity index (χ2n) is 3.96. The molecule has 3 nitrogen and oxygen atoms in total. The van der Waals surface area contributed by atoms with Crippen LogP contribution in [0, 0.1) is 5.82 Å². The van der Waals surface area contributed by atoms with E-state index in [1.807, 2.05) is 12.1 Å². The van der Waals surface area contributed by atoms with Crippen molar-refractivity contribution in [2.24, 2.45) is 0 Å². The quantitative estimate of drug-likeness (QED) is 0.854. The SMILES string of the molecule is O=C(C=Cc1ccc(F)cc1)NCc1ccncc1. The third kappa shape index (κ3) is 4.35. The predicted molar refractivity (Wildman–Crippen MR) is 71.5 cm³/mol.